The zero-order valence-corrected chi connectivity index (χ0v) is 14.3. The molecule has 2 heterocycles. The topological polar surface area (TPSA) is 38.7 Å². The van der Waals surface area contributed by atoms with Crippen LogP contribution in [0.15, 0.2) is 0 Å². The first kappa shape index (κ1) is 17.2. The van der Waals surface area contributed by atoms with E-state index >= 15 is 0 Å². The maximum atomic E-state index is 9.64. The summed E-state index contributed by atoms with van der Waals surface area (Å²) < 4.78 is 0. The molecule has 2 aliphatic rings. The van der Waals surface area contributed by atoms with Gasteiger partial charge in [-0.15, -0.1) is 0 Å². The van der Waals surface area contributed by atoms with Crippen molar-refractivity contribution in [1.82, 2.24) is 15.1 Å². The van der Waals surface area contributed by atoms with Crippen molar-refractivity contribution in [3.8, 4) is 0 Å². The maximum absolute atomic E-state index is 9.64. The Labute approximate surface area is 130 Å². The number of aliphatic hydroxyl groups excluding tert-OH is 1. The third-order valence-electron chi connectivity index (χ3n) is 5.11. The molecule has 21 heavy (non-hydrogen) atoms. The molecule has 0 saturated carbocycles. The van der Waals surface area contributed by atoms with Gasteiger partial charge in [-0.2, -0.15) is 0 Å². The molecule has 2 saturated heterocycles. The minimum atomic E-state index is -0.124. The molecule has 0 aromatic carbocycles. The number of hydrogen-bond acceptors (Lipinski definition) is 4. The summed E-state index contributed by atoms with van der Waals surface area (Å²) in [7, 11) is 0. The van der Waals surface area contributed by atoms with Gasteiger partial charge < -0.3 is 15.3 Å². The summed E-state index contributed by atoms with van der Waals surface area (Å²) in [6.45, 7) is 12.9. The number of aliphatic hydroxyl groups is 1. The van der Waals surface area contributed by atoms with Gasteiger partial charge in [0.05, 0.1) is 6.61 Å². The van der Waals surface area contributed by atoms with Crippen LogP contribution in [0.25, 0.3) is 0 Å². The predicted octanol–water partition coefficient (Wildman–Crippen LogP) is 1.69. The Balaban J connectivity index is 1.70. The molecule has 2 atom stereocenters. The molecule has 124 valence electrons. The van der Waals surface area contributed by atoms with Crippen molar-refractivity contribution in [1.29, 1.82) is 0 Å². The molecule has 2 fully saturated rings. The quantitative estimate of drug-likeness (QED) is 0.750. The molecule has 2 unspecified atom stereocenters. The van der Waals surface area contributed by atoms with Crippen LogP contribution in [0.2, 0.25) is 0 Å². The molecular weight excluding hydrogens is 262 g/mol. The van der Waals surface area contributed by atoms with E-state index in [9.17, 15) is 5.11 Å². The van der Waals surface area contributed by atoms with E-state index in [2.05, 4.69) is 35.9 Å². The van der Waals surface area contributed by atoms with E-state index in [1.54, 1.807) is 0 Å². The number of rotatable bonds is 7. The fourth-order valence-corrected chi connectivity index (χ4v) is 4.01. The highest BCUT2D eigenvalue weighted by atomic mass is 16.3. The van der Waals surface area contributed by atoms with Gasteiger partial charge in [0.2, 0.25) is 0 Å². The van der Waals surface area contributed by atoms with Crippen LogP contribution in [0.5, 0.6) is 0 Å². The highest BCUT2D eigenvalue weighted by Crippen LogP contribution is 2.22. The van der Waals surface area contributed by atoms with E-state index in [1.807, 2.05) is 0 Å². The van der Waals surface area contributed by atoms with Gasteiger partial charge >= 0.3 is 0 Å². The fraction of sp³-hybridized carbons (Fsp3) is 1.00. The fourth-order valence-electron chi connectivity index (χ4n) is 4.01. The van der Waals surface area contributed by atoms with Crippen LogP contribution >= 0.6 is 0 Å². The van der Waals surface area contributed by atoms with Gasteiger partial charge in [0.1, 0.15) is 0 Å². The van der Waals surface area contributed by atoms with E-state index < -0.39 is 0 Å². The molecule has 0 aromatic rings. The Morgan fingerprint density at radius 3 is 2.76 bits per heavy atom. The van der Waals surface area contributed by atoms with Crippen molar-refractivity contribution >= 4 is 0 Å². The van der Waals surface area contributed by atoms with E-state index in [4.69, 9.17) is 0 Å². The molecule has 2 rings (SSSR count). The molecule has 0 radical (unpaired) electrons. The molecule has 0 amide bonds. The monoisotopic (exact) mass is 297 g/mol. The largest absolute Gasteiger partial charge is 0.394 e. The lowest BCUT2D eigenvalue weighted by Crippen LogP contribution is -2.55. The summed E-state index contributed by atoms with van der Waals surface area (Å²) >= 11 is 0. The second kappa shape index (κ2) is 7.91. The smallest absolute Gasteiger partial charge is 0.0610 e. The number of piperazine rings is 1. The normalized spacial score (nSPS) is 27.6. The van der Waals surface area contributed by atoms with Crippen LogP contribution in [-0.2, 0) is 0 Å². The Morgan fingerprint density at radius 2 is 2.05 bits per heavy atom. The van der Waals surface area contributed by atoms with Crippen LogP contribution in [0.3, 0.4) is 0 Å². The number of nitrogens with zero attached hydrogens (tertiary/aromatic N) is 2. The lowest BCUT2D eigenvalue weighted by molar-refractivity contribution is 0.0465. The van der Waals surface area contributed by atoms with Gasteiger partial charge in [-0.05, 0) is 45.7 Å². The average Bonchev–Trinajstić information content (AvgIpc) is 2.46. The van der Waals surface area contributed by atoms with Crippen LogP contribution < -0.4 is 5.32 Å². The number of fused-ring (bicyclic) bond motifs is 1. The van der Waals surface area contributed by atoms with Crippen LogP contribution in [0, 0.1) is 0 Å². The van der Waals surface area contributed by atoms with E-state index in [1.165, 1.54) is 58.4 Å². The van der Waals surface area contributed by atoms with Gasteiger partial charge in [0.15, 0.2) is 0 Å². The minimum absolute atomic E-state index is 0.124. The zero-order valence-electron chi connectivity index (χ0n) is 14.3. The first-order valence-corrected chi connectivity index (χ1v) is 8.87. The molecule has 4 heteroatoms. The second-order valence-electron chi connectivity index (χ2n) is 7.61. The number of hydrogen-bond donors (Lipinski definition) is 2. The lowest BCUT2D eigenvalue weighted by atomic mass is 9.95. The van der Waals surface area contributed by atoms with Crippen molar-refractivity contribution in [2.75, 3.05) is 39.3 Å². The first-order valence-electron chi connectivity index (χ1n) is 8.87. The molecule has 2 N–H and O–H groups in total. The standard InChI is InChI=1S/C17H35N3O/c1-15(2)18-17(3,14-21)8-6-9-19-11-12-20-10-5-4-7-16(20)13-19/h15-16,18,21H,4-14H2,1-3H3. The van der Waals surface area contributed by atoms with E-state index in [0.717, 1.165) is 12.5 Å². The van der Waals surface area contributed by atoms with Crippen molar-refractivity contribution in [2.24, 2.45) is 0 Å². The van der Waals surface area contributed by atoms with E-state index in [-0.39, 0.29) is 12.1 Å². The number of nitrogens with one attached hydrogen (secondary N) is 1. The Kier molecular flexibility index (Phi) is 6.48. The molecule has 0 bridgehead atoms. The Morgan fingerprint density at radius 1 is 1.24 bits per heavy atom. The maximum Gasteiger partial charge on any atom is 0.0610 e. The summed E-state index contributed by atoms with van der Waals surface area (Å²) in [6, 6.07) is 1.23. The summed E-state index contributed by atoms with van der Waals surface area (Å²) in [5.41, 5.74) is -0.124. The number of piperidine rings is 1. The van der Waals surface area contributed by atoms with Gasteiger partial charge in [0, 0.05) is 37.3 Å². The predicted molar refractivity (Wildman–Crippen MR) is 88.6 cm³/mol. The molecule has 0 spiro atoms. The molecule has 0 aliphatic carbocycles. The Bertz CT molecular complexity index is 310. The average molecular weight is 297 g/mol. The summed E-state index contributed by atoms with van der Waals surface area (Å²) in [5.74, 6) is 0. The van der Waals surface area contributed by atoms with Gasteiger partial charge in [-0.25, -0.2) is 0 Å². The molecule has 0 aromatic heterocycles. The highest BCUT2D eigenvalue weighted by Gasteiger charge is 2.29. The summed E-state index contributed by atoms with van der Waals surface area (Å²) in [4.78, 5) is 5.33. The van der Waals surface area contributed by atoms with Crippen molar-refractivity contribution in [3.63, 3.8) is 0 Å². The van der Waals surface area contributed by atoms with Gasteiger partial charge in [-0.3, -0.25) is 4.90 Å². The van der Waals surface area contributed by atoms with Crippen LogP contribution in [0.4, 0.5) is 0 Å². The van der Waals surface area contributed by atoms with Gasteiger partial charge in [0.25, 0.3) is 0 Å². The molecule has 2 aliphatic heterocycles. The summed E-state index contributed by atoms with van der Waals surface area (Å²) in [6.07, 6.45) is 6.41. The van der Waals surface area contributed by atoms with Crippen molar-refractivity contribution in [2.45, 2.75) is 70.5 Å². The van der Waals surface area contributed by atoms with Crippen LogP contribution in [0.1, 0.15) is 52.9 Å². The molecule has 4 nitrogen and oxygen atoms in total. The highest BCUT2D eigenvalue weighted by molar-refractivity contribution is 4.87. The Hall–Kier alpha value is -0.160. The SMILES string of the molecule is CC(C)NC(C)(CO)CCCN1CCN2CCCCC2C1. The lowest BCUT2D eigenvalue weighted by Gasteiger charge is -2.44. The summed E-state index contributed by atoms with van der Waals surface area (Å²) in [5, 5.41) is 13.2. The molecular formula is C17H35N3O. The third-order valence-corrected chi connectivity index (χ3v) is 5.11. The second-order valence-corrected chi connectivity index (χ2v) is 7.61. The first-order chi connectivity index (χ1) is 10.0. The van der Waals surface area contributed by atoms with Crippen molar-refractivity contribution in [3.05, 3.63) is 0 Å². The van der Waals surface area contributed by atoms with Gasteiger partial charge in [-0.1, -0.05) is 20.3 Å². The zero-order chi connectivity index (χ0) is 15.3. The third kappa shape index (κ3) is 5.20. The minimum Gasteiger partial charge on any atom is -0.394 e. The van der Waals surface area contributed by atoms with E-state index in [0.29, 0.717) is 6.04 Å². The van der Waals surface area contributed by atoms with Crippen molar-refractivity contribution < 1.29 is 5.11 Å². The van der Waals surface area contributed by atoms with Crippen LogP contribution in [-0.4, -0.2) is 71.9 Å².